The molecular formula is C25H25FN6O2. The molecule has 174 valence electrons. The molecule has 0 amide bonds. The molecule has 1 unspecified atom stereocenters. The molecule has 34 heavy (non-hydrogen) atoms. The Balaban J connectivity index is 1.68. The fraction of sp³-hybridized carbons (Fsp3) is 0.320. The zero-order valence-electron chi connectivity index (χ0n) is 19.3. The van der Waals surface area contributed by atoms with E-state index in [4.69, 9.17) is 4.74 Å². The highest BCUT2D eigenvalue weighted by Crippen LogP contribution is 2.33. The van der Waals surface area contributed by atoms with Gasteiger partial charge >= 0.3 is 0 Å². The van der Waals surface area contributed by atoms with Crippen LogP contribution in [0.25, 0.3) is 21.8 Å². The van der Waals surface area contributed by atoms with E-state index in [1.165, 1.54) is 12.1 Å². The average Bonchev–Trinajstić information content (AvgIpc) is 3.30. The molecule has 1 aliphatic rings. The van der Waals surface area contributed by atoms with Crippen LogP contribution in [0.15, 0.2) is 41.7 Å². The molecule has 9 heteroatoms. The summed E-state index contributed by atoms with van der Waals surface area (Å²) in [6.45, 7) is 2.45. The molecule has 4 heterocycles. The number of ether oxygens (including phenoxy) is 1. The van der Waals surface area contributed by atoms with Crippen molar-refractivity contribution in [3.05, 3.63) is 59.4 Å². The minimum atomic E-state index is -0.487. The second-order valence-corrected chi connectivity index (χ2v) is 8.62. The van der Waals surface area contributed by atoms with Crippen molar-refractivity contribution in [3.63, 3.8) is 0 Å². The van der Waals surface area contributed by atoms with Crippen LogP contribution < -0.4 is 0 Å². The summed E-state index contributed by atoms with van der Waals surface area (Å²) in [5.41, 5.74) is 2.36. The molecule has 1 atom stereocenters. The van der Waals surface area contributed by atoms with E-state index in [1.54, 1.807) is 34.4 Å². The number of hydrogen-bond acceptors (Lipinski definition) is 6. The van der Waals surface area contributed by atoms with Gasteiger partial charge in [-0.15, -0.1) is 0 Å². The lowest BCUT2D eigenvalue weighted by atomic mass is 10.0. The van der Waals surface area contributed by atoms with Gasteiger partial charge in [0.2, 0.25) is 5.78 Å². The number of aliphatic imine (C=N–C) groups is 1. The molecule has 5 rings (SSSR count). The molecule has 0 bridgehead atoms. The van der Waals surface area contributed by atoms with E-state index in [-0.39, 0.29) is 23.2 Å². The first-order valence-corrected chi connectivity index (χ1v) is 11.2. The lowest BCUT2D eigenvalue weighted by Crippen LogP contribution is -2.18. The lowest BCUT2D eigenvalue weighted by Gasteiger charge is -2.22. The number of aryl methyl sites for hydroxylation is 1. The highest BCUT2D eigenvalue weighted by atomic mass is 19.1. The number of benzene rings is 1. The van der Waals surface area contributed by atoms with Gasteiger partial charge in [-0.3, -0.25) is 9.78 Å². The standard InChI is InChI=1S/C25H25FN6O2/c1-15-21-17(7-6-11-27-21)23(28-14-31(2)3)24(29-15)25(33)16-9-10-19(26)22-18(16)13-32(30-22)20-8-4-5-12-34-20/h6-7,9-11,13-14,20H,4-5,8,12H2,1-3H3/b28-14+. The summed E-state index contributed by atoms with van der Waals surface area (Å²) in [4.78, 5) is 29.2. The predicted molar refractivity (Wildman–Crippen MR) is 128 cm³/mol. The Hall–Kier alpha value is -3.72. The lowest BCUT2D eigenvalue weighted by molar-refractivity contribution is -0.0391. The quantitative estimate of drug-likeness (QED) is 0.246. The van der Waals surface area contributed by atoms with Crippen molar-refractivity contribution in [2.45, 2.75) is 32.4 Å². The largest absolute Gasteiger partial charge is 0.369 e. The van der Waals surface area contributed by atoms with Crippen LogP contribution in [-0.4, -0.2) is 57.5 Å². The number of carbonyl (C=O) groups is 1. The SMILES string of the molecule is Cc1nc(C(=O)c2ccc(F)c3nn(C4CCCCO4)cc23)c(/N=C/N(C)C)c2cccnc12. The average molecular weight is 461 g/mol. The normalized spacial score (nSPS) is 16.5. The zero-order chi connectivity index (χ0) is 23.8. The highest BCUT2D eigenvalue weighted by Gasteiger charge is 2.25. The summed E-state index contributed by atoms with van der Waals surface area (Å²) < 4.78 is 22.1. The van der Waals surface area contributed by atoms with Gasteiger partial charge in [0.05, 0.1) is 17.5 Å². The van der Waals surface area contributed by atoms with Crippen molar-refractivity contribution in [1.29, 1.82) is 0 Å². The van der Waals surface area contributed by atoms with E-state index in [1.807, 2.05) is 27.1 Å². The van der Waals surface area contributed by atoms with E-state index < -0.39 is 5.82 Å². The van der Waals surface area contributed by atoms with Gasteiger partial charge in [-0.25, -0.2) is 19.0 Å². The second-order valence-electron chi connectivity index (χ2n) is 8.62. The van der Waals surface area contributed by atoms with Crippen molar-refractivity contribution in [1.82, 2.24) is 24.6 Å². The minimum Gasteiger partial charge on any atom is -0.369 e. The third kappa shape index (κ3) is 3.92. The van der Waals surface area contributed by atoms with Crippen LogP contribution in [0.1, 0.15) is 47.2 Å². The maximum absolute atomic E-state index is 14.7. The highest BCUT2D eigenvalue weighted by molar-refractivity contribution is 6.19. The number of ketones is 1. The first-order valence-electron chi connectivity index (χ1n) is 11.2. The Morgan fingerprint density at radius 1 is 1.24 bits per heavy atom. The van der Waals surface area contributed by atoms with Crippen LogP contribution in [0, 0.1) is 12.7 Å². The predicted octanol–water partition coefficient (Wildman–Crippen LogP) is 4.58. The maximum atomic E-state index is 14.7. The summed E-state index contributed by atoms with van der Waals surface area (Å²) in [7, 11) is 3.69. The van der Waals surface area contributed by atoms with Crippen molar-refractivity contribution in [2.75, 3.05) is 20.7 Å². The molecular weight excluding hydrogens is 435 g/mol. The van der Waals surface area contributed by atoms with Gasteiger partial charge in [0, 0.05) is 49.4 Å². The number of nitrogens with zero attached hydrogens (tertiary/aromatic N) is 6. The van der Waals surface area contributed by atoms with Crippen molar-refractivity contribution in [3.8, 4) is 0 Å². The number of pyridine rings is 2. The Kier molecular flexibility index (Phi) is 5.79. The molecule has 1 saturated heterocycles. The van der Waals surface area contributed by atoms with Crippen molar-refractivity contribution < 1.29 is 13.9 Å². The van der Waals surface area contributed by atoms with Crippen LogP contribution in [-0.2, 0) is 4.74 Å². The van der Waals surface area contributed by atoms with Crippen LogP contribution in [0.5, 0.6) is 0 Å². The van der Waals surface area contributed by atoms with Gasteiger partial charge in [-0.05, 0) is 50.5 Å². The van der Waals surface area contributed by atoms with Crippen LogP contribution in [0.4, 0.5) is 10.1 Å². The van der Waals surface area contributed by atoms with Crippen LogP contribution >= 0.6 is 0 Å². The van der Waals surface area contributed by atoms with E-state index >= 15 is 0 Å². The first-order chi connectivity index (χ1) is 16.4. The van der Waals surface area contributed by atoms with Gasteiger partial charge in [-0.2, -0.15) is 5.10 Å². The van der Waals surface area contributed by atoms with Gasteiger partial charge in [0.15, 0.2) is 5.82 Å². The van der Waals surface area contributed by atoms with Crippen molar-refractivity contribution in [2.24, 2.45) is 4.99 Å². The number of hydrogen-bond donors (Lipinski definition) is 0. The molecule has 1 fully saturated rings. The van der Waals surface area contributed by atoms with Crippen LogP contribution in [0.3, 0.4) is 0 Å². The molecule has 0 saturated carbocycles. The monoisotopic (exact) mass is 460 g/mol. The molecule has 3 aromatic heterocycles. The molecule has 1 aromatic carbocycles. The maximum Gasteiger partial charge on any atom is 0.214 e. The smallest absolute Gasteiger partial charge is 0.214 e. The fourth-order valence-electron chi connectivity index (χ4n) is 4.24. The van der Waals surface area contributed by atoms with Gasteiger partial charge in [0.1, 0.15) is 23.1 Å². The van der Waals surface area contributed by atoms with E-state index in [2.05, 4.69) is 20.1 Å². The molecule has 4 aromatic rings. The Morgan fingerprint density at radius 2 is 2.09 bits per heavy atom. The number of halogens is 1. The first kappa shape index (κ1) is 22.1. The summed E-state index contributed by atoms with van der Waals surface area (Å²) in [6, 6.07) is 6.42. The van der Waals surface area contributed by atoms with E-state index in [0.29, 0.717) is 34.5 Å². The summed E-state index contributed by atoms with van der Waals surface area (Å²) >= 11 is 0. The zero-order valence-corrected chi connectivity index (χ0v) is 19.3. The molecule has 0 aliphatic carbocycles. The third-order valence-corrected chi connectivity index (χ3v) is 5.88. The van der Waals surface area contributed by atoms with E-state index in [9.17, 15) is 9.18 Å². The minimum absolute atomic E-state index is 0.137. The molecule has 0 radical (unpaired) electrons. The van der Waals surface area contributed by atoms with E-state index in [0.717, 1.165) is 24.6 Å². The van der Waals surface area contributed by atoms with Gasteiger partial charge in [-0.1, -0.05) is 0 Å². The van der Waals surface area contributed by atoms with Gasteiger partial charge in [0.25, 0.3) is 0 Å². The molecule has 0 spiro atoms. The number of fused-ring (bicyclic) bond motifs is 2. The van der Waals surface area contributed by atoms with Gasteiger partial charge < -0.3 is 9.64 Å². The molecule has 0 N–H and O–H groups in total. The summed E-state index contributed by atoms with van der Waals surface area (Å²) in [6.07, 6.45) is 7.53. The number of carbonyl (C=O) groups excluding carboxylic acids is 1. The summed E-state index contributed by atoms with van der Waals surface area (Å²) in [5.74, 6) is -0.840. The Morgan fingerprint density at radius 3 is 2.85 bits per heavy atom. The number of aromatic nitrogens is 4. The number of rotatable bonds is 5. The second kappa shape index (κ2) is 8.90. The Bertz CT molecular complexity index is 1420. The third-order valence-electron chi connectivity index (χ3n) is 5.88. The van der Waals surface area contributed by atoms with Crippen molar-refractivity contribution >= 4 is 39.6 Å². The topological polar surface area (TPSA) is 85.5 Å². The van der Waals surface area contributed by atoms with Crippen LogP contribution in [0.2, 0.25) is 0 Å². The summed E-state index contributed by atoms with van der Waals surface area (Å²) in [5, 5.41) is 5.57. The fourth-order valence-corrected chi connectivity index (χ4v) is 4.24. The molecule has 8 nitrogen and oxygen atoms in total. The molecule has 1 aliphatic heterocycles. The Labute approximate surface area is 196 Å².